The molecule has 0 aromatic heterocycles. The molecule has 1 aromatic rings. The normalized spacial score (nSPS) is 21.4. The maximum atomic E-state index is 6.10. The Balaban J connectivity index is 1.72. The minimum Gasteiger partial charge on any atom is -0.297 e. The Hall–Kier alpha value is -0.830. The zero-order valence-electron chi connectivity index (χ0n) is 16.2. The summed E-state index contributed by atoms with van der Waals surface area (Å²) in [7, 11) is 0. The number of allylic oxidation sites excluding steroid dienone is 1. The second-order valence-electron chi connectivity index (χ2n) is 8.58. The van der Waals surface area contributed by atoms with Crippen LogP contribution in [0.5, 0.6) is 0 Å². The van der Waals surface area contributed by atoms with Crippen molar-refractivity contribution in [2.75, 3.05) is 32.7 Å². The van der Waals surface area contributed by atoms with Crippen LogP contribution in [0.2, 0.25) is 5.02 Å². The highest BCUT2D eigenvalue weighted by Gasteiger charge is 2.26. The van der Waals surface area contributed by atoms with Gasteiger partial charge in [0.2, 0.25) is 0 Å². The summed E-state index contributed by atoms with van der Waals surface area (Å²) in [6.45, 7) is 12.9. The number of rotatable bonds is 3. The molecule has 2 nitrogen and oxygen atoms in total. The number of halogens is 1. The Morgan fingerprint density at radius 3 is 2.16 bits per heavy atom. The van der Waals surface area contributed by atoms with E-state index in [0.717, 1.165) is 11.6 Å². The minimum absolute atomic E-state index is 0.294. The van der Waals surface area contributed by atoms with Crippen molar-refractivity contribution in [3.63, 3.8) is 0 Å². The van der Waals surface area contributed by atoms with E-state index < -0.39 is 0 Å². The third kappa shape index (κ3) is 5.09. The summed E-state index contributed by atoms with van der Waals surface area (Å²) in [6, 6.07) is 8.49. The first-order chi connectivity index (χ1) is 11.9. The predicted octanol–water partition coefficient (Wildman–Crippen LogP) is 5.47. The molecule has 1 aliphatic carbocycles. The average molecular weight is 361 g/mol. The maximum absolute atomic E-state index is 6.10. The smallest absolute Gasteiger partial charge is 0.0406 e. The number of hydrogen-bond acceptors (Lipinski definition) is 2. The first-order valence-electron chi connectivity index (χ1n) is 9.88. The van der Waals surface area contributed by atoms with Crippen LogP contribution in [0.1, 0.15) is 58.4 Å². The van der Waals surface area contributed by atoms with E-state index in [4.69, 9.17) is 11.6 Å². The standard InChI is InChI=1S/C22H33ClN2/c1-22(2,3)25-15-13-24(14-16-25)17-19-7-5-4-6-8-21(19)18-9-11-20(23)12-10-18/h9-12H,4-8,13-17H2,1-3H3. The lowest BCUT2D eigenvalue weighted by Gasteiger charge is -2.42. The second-order valence-corrected chi connectivity index (χ2v) is 9.02. The van der Waals surface area contributed by atoms with E-state index in [0.29, 0.717) is 5.54 Å². The molecule has 0 N–H and O–H groups in total. The van der Waals surface area contributed by atoms with Crippen LogP contribution >= 0.6 is 11.6 Å². The highest BCUT2D eigenvalue weighted by atomic mass is 35.5. The molecule has 25 heavy (non-hydrogen) atoms. The van der Waals surface area contributed by atoms with E-state index in [1.165, 1.54) is 63.8 Å². The van der Waals surface area contributed by atoms with Crippen LogP contribution in [0.15, 0.2) is 29.8 Å². The van der Waals surface area contributed by atoms with Crippen LogP contribution in [-0.2, 0) is 0 Å². The molecule has 1 aromatic carbocycles. The summed E-state index contributed by atoms with van der Waals surface area (Å²) in [5.74, 6) is 0. The molecule has 0 amide bonds. The maximum Gasteiger partial charge on any atom is 0.0406 e. The summed E-state index contributed by atoms with van der Waals surface area (Å²) in [4.78, 5) is 5.28. The molecule has 3 rings (SSSR count). The molecule has 1 heterocycles. The van der Waals surface area contributed by atoms with Crippen LogP contribution in [0.3, 0.4) is 0 Å². The molecule has 138 valence electrons. The Morgan fingerprint density at radius 2 is 1.52 bits per heavy atom. The van der Waals surface area contributed by atoms with Crippen LogP contribution in [0.4, 0.5) is 0 Å². The van der Waals surface area contributed by atoms with Gasteiger partial charge in [0, 0.05) is 43.3 Å². The molecule has 0 atom stereocenters. The van der Waals surface area contributed by atoms with E-state index in [2.05, 4.69) is 42.7 Å². The van der Waals surface area contributed by atoms with Gasteiger partial charge in [-0.3, -0.25) is 9.80 Å². The Bertz CT molecular complexity index is 589. The molecule has 0 radical (unpaired) electrons. The quantitative estimate of drug-likeness (QED) is 0.704. The molecule has 1 saturated heterocycles. The van der Waals surface area contributed by atoms with Crippen molar-refractivity contribution in [3.05, 3.63) is 40.4 Å². The van der Waals surface area contributed by atoms with E-state index in [1.54, 1.807) is 11.1 Å². The number of benzene rings is 1. The molecular formula is C22H33ClN2. The van der Waals surface area contributed by atoms with Crippen molar-refractivity contribution in [3.8, 4) is 0 Å². The zero-order valence-corrected chi connectivity index (χ0v) is 16.9. The Morgan fingerprint density at radius 1 is 0.880 bits per heavy atom. The van der Waals surface area contributed by atoms with Gasteiger partial charge in [-0.15, -0.1) is 0 Å². The van der Waals surface area contributed by atoms with Gasteiger partial charge >= 0.3 is 0 Å². The van der Waals surface area contributed by atoms with Gasteiger partial charge in [0.1, 0.15) is 0 Å². The topological polar surface area (TPSA) is 6.48 Å². The van der Waals surface area contributed by atoms with Crippen molar-refractivity contribution in [2.45, 2.75) is 58.4 Å². The summed E-state index contributed by atoms with van der Waals surface area (Å²) in [5, 5.41) is 0.831. The van der Waals surface area contributed by atoms with E-state index in [1.807, 2.05) is 12.1 Å². The van der Waals surface area contributed by atoms with Gasteiger partial charge < -0.3 is 0 Å². The third-order valence-electron chi connectivity index (χ3n) is 5.76. The number of nitrogens with zero attached hydrogens (tertiary/aromatic N) is 2. The van der Waals surface area contributed by atoms with Crippen molar-refractivity contribution in [2.24, 2.45) is 0 Å². The van der Waals surface area contributed by atoms with Gasteiger partial charge in [0.25, 0.3) is 0 Å². The van der Waals surface area contributed by atoms with E-state index in [-0.39, 0.29) is 0 Å². The summed E-state index contributed by atoms with van der Waals surface area (Å²) in [6.07, 6.45) is 6.50. The molecule has 1 aliphatic heterocycles. The first-order valence-corrected chi connectivity index (χ1v) is 10.3. The lowest BCUT2D eigenvalue weighted by Crippen LogP contribution is -2.53. The molecule has 0 bridgehead atoms. The number of hydrogen-bond donors (Lipinski definition) is 0. The first kappa shape index (κ1) is 18.9. The summed E-state index contributed by atoms with van der Waals surface area (Å²) >= 11 is 6.10. The summed E-state index contributed by atoms with van der Waals surface area (Å²) < 4.78 is 0. The van der Waals surface area contributed by atoms with E-state index in [9.17, 15) is 0 Å². The molecule has 2 aliphatic rings. The lowest BCUT2D eigenvalue weighted by molar-refractivity contribution is 0.0661. The highest BCUT2D eigenvalue weighted by molar-refractivity contribution is 6.30. The average Bonchev–Trinajstić information content (AvgIpc) is 2.81. The van der Waals surface area contributed by atoms with Crippen LogP contribution in [0.25, 0.3) is 5.57 Å². The van der Waals surface area contributed by atoms with Gasteiger partial charge in [0.15, 0.2) is 0 Å². The van der Waals surface area contributed by atoms with Gasteiger partial charge in [0.05, 0.1) is 0 Å². The molecule has 1 fully saturated rings. The second kappa shape index (κ2) is 8.24. The SMILES string of the molecule is CC(C)(C)N1CCN(CC2=C(c3ccc(Cl)cc3)CCCCC2)CC1. The molecule has 0 spiro atoms. The van der Waals surface area contributed by atoms with Gasteiger partial charge in [-0.2, -0.15) is 0 Å². The minimum atomic E-state index is 0.294. The van der Waals surface area contributed by atoms with Gasteiger partial charge in [-0.1, -0.05) is 35.7 Å². The Labute approximate surface area is 158 Å². The zero-order chi connectivity index (χ0) is 17.9. The van der Waals surface area contributed by atoms with Crippen molar-refractivity contribution >= 4 is 17.2 Å². The fourth-order valence-corrected chi connectivity index (χ4v) is 4.29. The van der Waals surface area contributed by atoms with Gasteiger partial charge in [-0.05, 0) is 69.7 Å². The van der Waals surface area contributed by atoms with E-state index >= 15 is 0 Å². The predicted molar refractivity (Wildman–Crippen MR) is 109 cm³/mol. The Kier molecular flexibility index (Phi) is 6.25. The monoisotopic (exact) mass is 360 g/mol. The molecule has 0 unspecified atom stereocenters. The van der Waals surface area contributed by atoms with Crippen LogP contribution in [0, 0.1) is 0 Å². The number of piperazine rings is 1. The third-order valence-corrected chi connectivity index (χ3v) is 6.01. The fourth-order valence-electron chi connectivity index (χ4n) is 4.17. The van der Waals surface area contributed by atoms with Gasteiger partial charge in [-0.25, -0.2) is 0 Å². The molecule has 0 saturated carbocycles. The lowest BCUT2D eigenvalue weighted by atomic mass is 9.95. The van der Waals surface area contributed by atoms with Crippen molar-refractivity contribution < 1.29 is 0 Å². The molecular weight excluding hydrogens is 328 g/mol. The fraction of sp³-hybridized carbons (Fsp3) is 0.636. The summed E-state index contributed by atoms with van der Waals surface area (Å²) in [5.41, 5.74) is 4.94. The largest absolute Gasteiger partial charge is 0.297 e. The van der Waals surface area contributed by atoms with Crippen LogP contribution in [-0.4, -0.2) is 48.1 Å². The molecule has 3 heteroatoms. The van der Waals surface area contributed by atoms with Crippen molar-refractivity contribution in [1.82, 2.24) is 9.80 Å². The van der Waals surface area contributed by atoms with Crippen molar-refractivity contribution in [1.29, 1.82) is 0 Å². The van der Waals surface area contributed by atoms with Crippen LogP contribution < -0.4 is 0 Å². The highest BCUT2D eigenvalue weighted by Crippen LogP contribution is 2.32.